The second kappa shape index (κ2) is 4.17. The number of methoxy groups -OCH3 is 2. The van der Waals surface area contributed by atoms with Crippen LogP contribution in [0.5, 0.6) is 0 Å². The molecule has 5 heteroatoms. The Morgan fingerprint density at radius 2 is 2.22 bits per heavy atom. The van der Waals surface area contributed by atoms with Crippen molar-refractivity contribution in [3.63, 3.8) is 0 Å². The third-order valence-electron chi connectivity index (χ3n) is 4.29. The smallest absolute Gasteiger partial charge is 0.333 e. The lowest BCUT2D eigenvalue weighted by molar-refractivity contribution is -0.149. The van der Waals surface area contributed by atoms with Gasteiger partial charge in [-0.15, -0.1) is 0 Å². The minimum atomic E-state index is -0.347. The second-order valence-corrected chi connectivity index (χ2v) is 5.08. The maximum Gasteiger partial charge on any atom is 0.333 e. The number of carbonyl (C=O) groups is 2. The third-order valence-corrected chi connectivity index (χ3v) is 4.29. The van der Waals surface area contributed by atoms with Crippen LogP contribution in [0.3, 0.4) is 0 Å². The molecule has 0 radical (unpaired) electrons. The van der Waals surface area contributed by atoms with Crippen LogP contribution in [0.1, 0.15) is 12.8 Å². The van der Waals surface area contributed by atoms with Gasteiger partial charge in [0.1, 0.15) is 5.78 Å². The summed E-state index contributed by atoms with van der Waals surface area (Å²) in [4.78, 5) is 23.7. The first-order chi connectivity index (χ1) is 8.65. The number of fused-ring (bicyclic) bond motifs is 1. The Bertz CT molecular complexity index is 427. The number of rotatable bonds is 2. The van der Waals surface area contributed by atoms with Crippen LogP contribution in [0.4, 0.5) is 0 Å². The highest BCUT2D eigenvalue weighted by Gasteiger charge is 2.55. The maximum absolute atomic E-state index is 12.0. The van der Waals surface area contributed by atoms with E-state index in [1.165, 1.54) is 7.11 Å². The van der Waals surface area contributed by atoms with Crippen LogP contribution in [0.15, 0.2) is 11.6 Å². The van der Waals surface area contributed by atoms with Crippen LogP contribution in [-0.4, -0.2) is 38.4 Å². The molecule has 2 fully saturated rings. The topological polar surface area (TPSA) is 61.8 Å². The fourth-order valence-corrected chi connectivity index (χ4v) is 3.45. The monoisotopic (exact) mass is 252 g/mol. The van der Waals surface area contributed by atoms with E-state index in [0.717, 1.165) is 6.42 Å². The molecule has 0 amide bonds. The molecular formula is C13H16O5. The molecule has 98 valence electrons. The molecule has 5 nitrogen and oxygen atoms in total. The largest absolute Gasteiger partial charge is 0.466 e. The molecule has 0 N–H and O–H groups in total. The zero-order valence-electron chi connectivity index (χ0n) is 10.4. The summed E-state index contributed by atoms with van der Waals surface area (Å²) in [6.45, 7) is 0. The minimum Gasteiger partial charge on any atom is -0.466 e. The van der Waals surface area contributed by atoms with E-state index < -0.39 is 0 Å². The molecule has 3 aliphatic carbocycles. The Kier molecular flexibility index (Phi) is 2.75. The number of ether oxygens (including phenoxy) is 3. The molecule has 4 aliphatic rings. The van der Waals surface area contributed by atoms with Crippen molar-refractivity contribution in [1.29, 1.82) is 0 Å². The average molecular weight is 252 g/mol. The molecule has 4 rings (SSSR count). The van der Waals surface area contributed by atoms with Gasteiger partial charge in [0.05, 0.1) is 13.2 Å². The molecule has 1 heterocycles. The molecule has 0 aromatic heterocycles. The molecule has 0 spiro atoms. The average Bonchev–Trinajstić information content (AvgIpc) is 2.83. The number of hydrogen-bond donors (Lipinski definition) is 0. The second-order valence-electron chi connectivity index (χ2n) is 5.08. The Morgan fingerprint density at radius 3 is 2.89 bits per heavy atom. The van der Waals surface area contributed by atoms with Gasteiger partial charge in [0.15, 0.2) is 6.29 Å². The lowest BCUT2D eigenvalue weighted by Crippen LogP contribution is -2.47. The van der Waals surface area contributed by atoms with Gasteiger partial charge in [0, 0.05) is 43.3 Å². The fraction of sp³-hybridized carbons (Fsp3) is 0.692. The number of ketones is 1. The Hall–Kier alpha value is -1.20. The summed E-state index contributed by atoms with van der Waals surface area (Å²) >= 11 is 0. The predicted octanol–water partition coefficient (Wildman–Crippen LogP) is 0.682. The summed E-state index contributed by atoms with van der Waals surface area (Å²) < 4.78 is 15.8. The van der Waals surface area contributed by atoms with Gasteiger partial charge in [-0.25, -0.2) is 4.79 Å². The van der Waals surface area contributed by atoms with E-state index in [2.05, 4.69) is 0 Å². The molecule has 0 aromatic rings. The molecule has 1 aliphatic heterocycles. The van der Waals surface area contributed by atoms with Crippen LogP contribution in [0.2, 0.25) is 0 Å². The van der Waals surface area contributed by atoms with E-state index in [4.69, 9.17) is 14.2 Å². The van der Waals surface area contributed by atoms with Crippen molar-refractivity contribution in [1.82, 2.24) is 0 Å². The van der Waals surface area contributed by atoms with Gasteiger partial charge in [-0.05, 0) is 0 Å². The third kappa shape index (κ3) is 1.54. The molecule has 1 saturated carbocycles. The summed E-state index contributed by atoms with van der Waals surface area (Å²) in [5.74, 6) is -0.376. The van der Waals surface area contributed by atoms with E-state index in [0.29, 0.717) is 12.0 Å². The quantitative estimate of drug-likeness (QED) is 0.676. The molecular weight excluding hydrogens is 236 g/mol. The van der Waals surface area contributed by atoms with Crippen molar-refractivity contribution in [2.75, 3.05) is 14.2 Å². The van der Waals surface area contributed by atoms with E-state index in [1.807, 2.05) is 0 Å². The number of esters is 1. The van der Waals surface area contributed by atoms with Crippen molar-refractivity contribution in [2.45, 2.75) is 25.2 Å². The Balaban J connectivity index is 1.93. The van der Waals surface area contributed by atoms with E-state index >= 15 is 0 Å². The minimum absolute atomic E-state index is 0.0863. The highest BCUT2D eigenvalue weighted by Crippen LogP contribution is 2.50. The predicted molar refractivity (Wildman–Crippen MR) is 60.5 cm³/mol. The van der Waals surface area contributed by atoms with Gasteiger partial charge < -0.3 is 14.2 Å². The fourth-order valence-electron chi connectivity index (χ4n) is 3.45. The van der Waals surface area contributed by atoms with Gasteiger partial charge in [0.2, 0.25) is 0 Å². The maximum atomic E-state index is 12.0. The zero-order chi connectivity index (χ0) is 12.9. The normalized spacial score (nSPS) is 41.6. The number of carbonyl (C=O) groups excluding carboxylic acids is 2. The molecule has 5 atom stereocenters. The van der Waals surface area contributed by atoms with Gasteiger partial charge in [0.25, 0.3) is 0 Å². The van der Waals surface area contributed by atoms with Gasteiger partial charge in [-0.3, -0.25) is 4.79 Å². The van der Waals surface area contributed by atoms with Gasteiger partial charge in [-0.1, -0.05) is 6.08 Å². The standard InChI is InChI=1S/C13H16O5/c1-16-11-5-8-6-3-9(13(15)17-2)7(4-10(6)14)12(8)18-11/h3,6-8,11-12H,4-5H2,1-2H3/t6-,7+,8-,11-,12+/m1/s1. The number of hydrogen-bond acceptors (Lipinski definition) is 5. The number of Topliss-reactive ketones (excluding diaryl/α,β-unsaturated/α-hetero) is 1. The van der Waals surface area contributed by atoms with Crippen LogP contribution in [0.25, 0.3) is 0 Å². The lowest BCUT2D eigenvalue weighted by atomic mass is 9.63. The van der Waals surface area contributed by atoms with E-state index in [-0.39, 0.29) is 41.9 Å². The summed E-state index contributed by atoms with van der Waals surface area (Å²) in [6.07, 6.45) is 2.53. The Morgan fingerprint density at radius 1 is 1.44 bits per heavy atom. The molecule has 0 aromatic carbocycles. The van der Waals surface area contributed by atoms with E-state index in [1.54, 1.807) is 13.2 Å². The van der Waals surface area contributed by atoms with Crippen molar-refractivity contribution in [3.8, 4) is 0 Å². The van der Waals surface area contributed by atoms with Crippen LogP contribution < -0.4 is 0 Å². The zero-order valence-corrected chi connectivity index (χ0v) is 10.4. The Labute approximate surface area is 105 Å². The van der Waals surface area contributed by atoms with E-state index in [9.17, 15) is 9.59 Å². The number of allylic oxidation sites excluding steroid dienone is 1. The molecule has 18 heavy (non-hydrogen) atoms. The SMILES string of the molecule is COC(=O)C1=C[C@H]2C(=O)C[C@@H]1[C@@H]1O[C@@H](OC)C[C@@H]12. The van der Waals surface area contributed by atoms with Gasteiger partial charge in [-0.2, -0.15) is 0 Å². The molecule has 1 saturated heterocycles. The first-order valence-corrected chi connectivity index (χ1v) is 6.16. The van der Waals surface area contributed by atoms with Crippen molar-refractivity contribution >= 4 is 11.8 Å². The highest BCUT2D eigenvalue weighted by molar-refractivity contribution is 5.96. The lowest BCUT2D eigenvalue weighted by Gasteiger charge is -2.41. The summed E-state index contributed by atoms with van der Waals surface area (Å²) in [5.41, 5.74) is 0.597. The van der Waals surface area contributed by atoms with Crippen LogP contribution in [-0.2, 0) is 23.8 Å². The summed E-state index contributed by atoms with van der Waals surface area (Å²) in [7, 11) is 2.96. The summed E-state index contributed by atoms with van der Waals surface area (Å²) in [6, 6.07) is 0. The molecule has 0 unspecified atom stereocenters. The highest BCUT2D eigenvalue weighted by atomic mass is 16.7. The summed E-state index contributed by atoms with van der Waals surface area (Å²) in [5, 5.41) is 0. The van der Waals surface area contributed by atoms with Crippen LogP contribution in [0, 0.1) is 17.8 Å². The van der Waals surface area contributed by atoms with Gasteiger partial charge >= 0.3 is 5.97 Å². The van der Waals surface area contributed by atoms with Crippen molar-refractivity contribution < 1.29 is 23.8 Å². The van der Waals surface area contributed by atoms with Crippen molar-refractivity contribution in [3.05, 3.63) is 11.6 Å². The first kappa shape index (κ1) is 11.9. The van der Waals surface area contributed by atoms with Crippen molar-refractivity contribution in [2.24, 2.45) is 17.8 Å². The van der Waals surface area contributed by atoms with Crippen LogP contribution >= 0.6 is 0 Å². The first-order valence-electron chi connectivity index (χ1n) is 6.16. The molecule has 2 bridgehead atoms.